The predicted octanol–water partition coefficient (Wildman–Crippen LogP) is 1.26. The van der Waals surface area contributed by atoms with E-state index in [1.54, 1.807) is 14.2 Å². The molecule has 2 aromatic rings. The third-order valence-electron chi connectivity index (χ3n) is 2.16. The molecule has 0 radical (unpaired) electrons. The first-order valence-corrected chi connectivity index (χ1v) is 6.61. The van der Waals surface area contributed by atoms with E-state index in [9.17, 15) is 4.79 Å². The normalized spacial score (nSPS) is 11.2. The van der Waals surface area contributed by atoms with Crippen LogP contribution < -0.4 is 5.56 Å². The molecule has 0 aliphatic rings. The van der Waals surface area contributed by atoms with Gasteiger partial charge in [0.1, 0.15) is 12.4 Å². The second-order valence-corrected chi connectivity index (χ2v) is 5.19. The summed E-state index contributed by atoms with van der Waals surface area (Å²) in [4.78, 5) is 21.2. The van der Waals surface area contributed by atoms with Crippen molar-refractivity contribution in [3.8, 4) is 0 Å². The van der Waals surface area contributed by atoms with Crippen molar-refractivity contribution in [2.24, 2.45) is 7.05 Å². The van der Waals surface area contributed by atoms with Gasteiger partial charge in [-0.3, -0.25) is 9.36 Å². The molecule has 2 heterocycles. The van der Waals surface area contributed by atoms with Crippen molar-refractivity contribution in [2.45, 2.75) is 10.9 Å². The molecule has 0 aromatic carbocycles. The van der Waals surface area contributed by atoms with Crippen LogP contribution in [0.5, 0.6) is 0 Å². The lowest BCUT2D eigenvalue weighted by atomic mass is 10.5. The zero-order valence-corrected chi connectivity index (χ0v) is 10.8. The Morgan fingerprint density at radius 3 is 2.88 bits per heavy atom. The Balaban J connectivity index is 2.70. The van der Waals surface area contributed by atoms with E-state index in [1.807, 2.05) is 6.26 Å². The average molecular weight is 257 g/mol. The van der Waals surface area contributed by atoms with Gasteiger partial charge in [-0.25, -0.2) is 9.97 Å². The molecule has 0 fully saturated rings. The molecule has 0 spiro atoms. The van der Waals surface area contributed by atoms with Gasteiger partial charge < -0.3 is 4.74 Å². The second-order valence-electron chi connectivity index (χ2n) is 3.16. The van der Waals surface area contributed by atoms with Crippen molar-refractivity contribution in [1.82, 2.24) is 14.5 Å². The summed E-state index contributed by atoms with van der Waals surface area (Å²) in [7, 11) is 3.26. The number of aromatic nitrogens is 3. The molecule has 0 aliphatic heterocycles. The molecule has 86 valence electrons. The summed E-state index contributed by atoms with van der Waals surface area (Å²) in [5.41, 5.74) is 0.324. The lowest BCUT2D eigenvalue weighted by Gasteiger charge is -2.04. The van der Waals surface area contributed by atoms with Gasteiger partial charge >= 0.3 is 0 Å². The van der Waals surface area contributed by atoms with Crippen molar-refractivity contribution >= 4 is 33.4 Å². The maximum atomic E-state index is 12.0. The van der Waals surface area contributed by atoms with Crippen LogP contribution in [0.1, 0.15) is 5.82 Å². The minimum Gasteiger partial charge on any atom is -0.377 e. The van der Waals surface area contributed by atoms with Crippen LogP contribution in [0.4, 0.5) is 0 Å². The van der Waals surface area contributed by atoms with E-state index in [2.05, 4.69) is 9.97 Å². The number of thiazole rings is 1. The van der Waals surface area contributed by atoms with Crippen LogP contribution >= 0.6 is 23.1 Å². The highest BCUT2D eigenvalue weighted by Gasteiger charge is 2.12. The van der Waals surface area contributed by atoms with Gasteiger partial charge in [0, 0.05) is 14.2 Å². The first-order chi connectivity index (χ1) is 7.67. The van der Waals surface area contributed by atoms with Crippen LogP contribution in [-0.2, 0) is 18.4 Å². The van der Waals surface area contributed by atoms with Gasteiger partial charge in [-0.05, 0) is 6.26 Å². The number of rotatable bonds is 3. The van der Waals surface area contributed by atoms with Crippen molar-refractivity contribution in [3.05, 3.63) is 16.2 Å². The summed E-state index contributed by atoms with van der Waals surface area (Å²) in [5, 5.41) is 0. The highest BCUT2D eigenvalue weighted by molar-refractivity contribution is 8.00. The molecule has 0 bridgehead atoms. The van der Waals surface area contributed by atoms with Gasteiger partial charge in [0.05, 0.1) is 0 Å². The van der Waals surface area contributed by atoms with Gasteiger partial charge in [0.25, 0.3) is 5.56 Å². The minimum atomic E-state index is -0.117. The molecule has 7 heteroatoms. The minimum absolute atomic E-state index is 0.117. The maximum Gasteiger partial charge on any atom is 0.280 e. The first-order valence-electron chi connectivity index (χ1n) is 4.56. The Morgan fingerprint density at radius 2 is 2.25 bits per heavy atom. The van der Waals surface area contributed by atoms with Gasteiger partial charge in [-0.15, -0.1) is 0 Å². The highest BCUT2D eigenvalue weighted by atomic mass is 32.2. The molecule has 2 aromatic heterocycles. The van der Waals surface area contributed by atoms with Gasteiger partial charge in [0.2, 0.25) is 0 Å². The Morgan fingerprint density at radius 1 is 1.50 bits per heavy atom. The van der Waals surface area contributed by atoms with Crippen LogP contribution in [-0.4, -0.2) is 27.9 Å². The quantitative estimate of drug-likeness (QED) is 0.775. The third-order valence-corrected chi connectivity index (χ3v) is 4.10. The van der Waals surface area contributed by atoms with Crippen molar-refractivity contribution in [2.75, 3.05) is 13.4 Å². The molecule has 2 rings (SSSR count). The van der Waals surface area contributed by atoms with Gasteiger partial charge in [-0.1, -0.05) is 23.1 Å². The molecule has 0 saturated heterocycles. The fourth-order valence-electron chi connectivity index (χ4n) is 1.32. The van der Waals surface area contributed by atoms with E-state index in [4.69, 9.17) is 4.74 Å². The Bertz CT molecular complexity index is 576. The Kier molecular flexibility index (Phi) is 3.27. The zero-order chi connectivity index (χ0) is 11.7. The Labute approximate surface area is 100 Å². The summed E-state index contributed by atoms with van der Waals surface area (Å²) in [6.45, 7) is 0.328. The Hall–Kier alpha value is -0.920. The number of nitrogens with zero attached hydrogens (tertiary/aromatic N) is 3. The summed E-state index contributed by atoms with van der Waals surface area (Å²) >= 11 is 2.95. The summed E-state index contributed by atoms with van der Waals surface area (Å²) in [6.07, 6.45) is 1.93. The van der Waals surface area contributed by atoms with Crippen molar-refractivity contribution < 1.29 is 4.74 Å². The van der Waals surface area contributed by atoms with Crippen molar-refractivity contribution in [3.63, 3.8) is 0 Å². The molecule has 0 atom stereocenters. The lowest BCUT2D eigenvalue weighted by molar-refractivity contribution is 0.174. The van der Waals surface area contributed by atoms with Gasteiger partial charge in [-0.2, -0.15) is 0 Å². The molecule has 0 saturated carbocycles. The number of hydrogen-bond acceptors (Lipinski definition) is 6. The van der Waals surface area contributed by atoms with Gasteiger partial charge in [0.15, 0.2) is 14.7 Å². The summed E-state index contributed by atoms with van der Waals surface area (Å²) in [6, 6.07) is 0. The van der Waals surface area contributed by atoms with Crippen LogP contribution in [0.3, 0.4) is 0 Å². The van der Waals surface area contributed by atoms with E-state index in [0.717, 1.165) is 4.34 Å². The van der Waals surface area contributed by atoms with E-state index in [0.29, 0.717) is 22.8 Å². The second kappa shape index (κ2) is 4.52. The molecule has 5 nitrogen and oxygen atoms in total. The van der Waals surface area contributed by atoms with E-state index < -0.39 is 0 Å². The standard InChI is InChI=1S/C9H11N3O2S2/c1-12-5(4-14-2)10-7-6(8(12)13)11-9(15-3)16-7/h4H2,1-3H3. The fourth-order valence-corrected chi connectivity index (χ4v) is 2.76. The SMILES string of the molecule is COCc1nc2sc(SC)nc2c(=O)n1C. The van der Waals surface area contributed by atoms with Crippen LogP contribution in [0.15, 0.2) is 9.13 Å². The van der Waals surface area contributed by atoms with Crippen LogP contribution in [0.2, 0.25) is 0 Å². The average Bonchev–Trinajstić information content (AvgIpc) is 2.69. The fraction of sp³-hybridized carbons (Fsp3) is 0.444. The smallest absolute Gasteiger partial charge is 0.280 e. The van der Waals surface area contributed by atoms with E-state index in [1.165, 1.54) is 27.7 Å². The largest absolute Gasteiger partial charge is 0.377 e. The highest BCUT2D eigenvalue weighted by Crippen LogP contribution is 2.24. The maximum absolute atomic E-state index is 12.0. The molecule has 0 amide bonds. The van der Waals surface area contributed by atoms with E-state index >= 15 is 0 Å². The zero-order valence-electron chi connectivity index (χ0n) is 9.18. The van der Waals surface area contributed by atoms with E-state index in [-0.39, 0.29) is 5.56 Å². The predicted molar refractivity (Wildman–Crippen MR) is 65.2 cm³/mol. The number of hydrogen-bond donors (Lipinski definition) is 0. The lowest BCUT2D eigenvalue weighted by Crippen LogP contribution is -2.22. The topological polar surface area (TPSA) is 57.0 Å². The molecule has 0 unspecified atom stereocenters. The monoisotopic (exact) mass is 257 g/mol. The number of fused-ring (bicyclic) bond motifs is 1. The molecular formula is C9H11N3O2S2. The number of methoxy groups -OCH3 is 1. The molecule has 0 N–H and O–H groups in total. The first kappa shape index (κ1) is 11.6. The molecule has 16 heavy (non-hydrogen) atoms. The molecular weight excluding hydrogens is 246 g/mol. The third kappa shape index (κ3) is 1.85. The number of ether oxygens (including phenoxy) is 1. The van der Waals surface area contributed by atoms with Crippen molar-refractivity contribution in [1.29, 1.82) is 0 Å². The summed E-state index contributed by atoms with van der Waals surface area (Å²) < 4.78 is 7.34. The molecule has 0 aliphatic carbocycles. The van der Waals surface area contributed by atoms with Crippen LogP contribution in [0.25, 0.3) is 10.3 Å². The summed E-state index contributed by atoms with van der Waals surface area (Å²) in [5.74, 6) is 0.622. The van der Waals surface area contributed by atoms with Crippen LogP contribution in [0, 0.1) is 0 Å². The number of thioether (sulfide) groups is 1.